The van der Waals surface area contributed by atoms with Crippen molar-refractivity contribution in [3.05, 3.63) is 34.1 Å². The van der Waals surface area contributed by atoms with E-state index in [-0.39, 0.29) is 5.56 Å². The molecule has 0 aromatic heterocycles. The highest BCUT2D eigenvalue weighted by Gasteiger charge is 2.34. The largest absolute Gasteiger partial charge is 0.480 e. The number of aliphatic carboxylic acids is 1. The summed E-state index contributed by atoms with van der Waals surface area (Å²) in [7, 11) is 0.984. The molecular formula is C11H7ClFNO4. The smallest absolute Gasteiger partial charge is 0.324 e. The Balaban J connectivity index is 3.55. The molecule has 0 saturated carbocycles. The van der Waals surface area contributed by atoms with Crippen molar-refractivity contribution in [3.63, 3.8) is 0 Å². The SMILES string of the molecule is COC(=O)[C@@H](C(=O)O)c1c(C#N)ccc(F)c1Cl. The summed E-state index contributed by atoms with van der Waals surface area (Å²) in [5.74, 6) is -5.47. The van der Waals surface area contributed by atoms with Crippen molar-refractivity contribution >= 4 is 23.5 Å². The van der Waals surface area contributed by atoms with Crippen LogP contribution in [0.4, 0.5) is 4.39 Å². The molecule has 0 aliphatic carbocycles. The van der Waals surface area contributed by atoms with Gasteiger partial charge in [0.15, 0.2) is 5.92 Å². The number of benzene rings is 1. The van der Waals surface area contributed by atoms with Gasteiger partial charge in [0, 0.05) is 5.56 Å². The Hall–Kier alpha value is -2.13. The van der Waals surface area contributed by atoms with Gasteiger partial charge >= 0.3 is 11.9 Å². The van der Waals surface area contributed by atoms with Crippen LogP contribution in [0.5, 0.6) is 0 Å². The molecule has 1 rings (SSSR count). The first-order chi connectivity index (χ1) is 8.43. The fraction of sp³-hybridized carbons (Fsp3) is 0.182. The zero-order chi connectivity index (χ0) is 13.9. The first-order valence-corrected chi connectivity index (χ1v) is 5.00. The van der Waals surface area contributed by atoms with Crippen LogP contribution in [0.1, 0.15) is 17.0 Å². The van der Waals surface area contributed by atoms with E-state index < -0.39 is 34.3 Å². The van der Waals surface area contributed by atoms with Crippen LogP contribution in [0.2, 0.25) is 5.02 Å². The van der Waals surface area contributed by atoms with E-state index >= 15 is 0 Å². The third-order valence-electron chi connectivity index (χ3n) is 2.23. The molecule has 0 aliphatic heterocycles. The summed E-state index contributed by atoms with van der Waals surface area (Å²) >= 11 is 5.62. The molecule has 1 aromatic carbocycles. The lowest BCUT2D eigenvalue weighted by atomic mass is 9.94. The Labute approximate surface area is 106 Å². The second kappa shape index (κ2) is 5.47. The van der Waals surface area contributed by atoms with Crippen molar-refractivity contribution in [2.45, 2.75) is 5.92 Å². The fourth-order valence-electron chi connectivity index (χ4n) is 1.41. The van der Waals surface area contributed by atoms with Crippen molar-refractivity contribution < 1.29 is 23.8 Å². The predicted octanol–water partition coefficient (Wildman–Crippen LogP) is 1.69. The standard InChI is InChI=1S/C11H7ClFNO4/c1-18-11(17)8(10(15)16)7-5(4-14)2-3-6(13)9(7)12/h2-3,8H,1H3,(H,15,16)/t8-/m1/s1. The Kier molecular flexibility index (Phi) is 4.23. The van der Waals surface area contributed by atoms with E-state index in [2.05, 4.69) is 4.74 Å². The van der Waals surface area contributed by atoms with Gasteiger partial charge in [-0.15, -0.1) is 0 Å². The molecule has 0 spiro atoms. The lowest BCUT2D eigenvalue weighted by Gasteiger charge is -2.13. The minimum Gasteiger partial charge on any atom is -0.480 e. The van der Waals surface area contributed by atoms with E-state index in [1.54, 1.807) is 6.07 Å². The molecule has 0 saturated heterocycles. The molecule has 0 amide bonds. The van der Waals surface area contributed by atoms with E-state index in [1.165, 1.54) is 0 Å². The van der Waals surface area contributed by atoms with Crippen LogP contribution >= 0.6 is 11.6 Å². The minimum atomic E-state index is -1.84. The Bertz CT molecular complexity index is 553. The number of carbonyl (C=O) groups is 2. The van der Waals surface area contributed by atoms with Gasteiger partial charge in [0.2, 0.25) is 0 Å². The molecule has 1 atom stereocenters. The molecule has 0 heterocycles. The molecule has 18 heavy (non-hydrogen) atoms. The quantitative estimate of drug-likeness (QED) is 0.668. The highest BCUT2D eigenvalue weighted by atomic mass is 35.5. The summed E-state index contributed by atoms with van der Waals surface area (Å²) in [4.78, 5) is 22.4. The van der Waals surface area contributed by atoms with Crippen molar-refractivity contribution in [1.82, 2.24) is 0 Å². The lowest BCUT2D eigenvalue weighted by Crippen LogP contribution is -2.24. The zero-order valence-corrected chi connectivity index (χ0v) is 9.86. The van der Waals surface area contributed by atoms with E-state index in [9.17, 15) is 14.0 Å². The van der Waals surface area contributed by atoms with Gasteiger partial charge in [0.05, 0.1) is 23.8 Å². The van der Waals surface area contributed by atoms with Gasteiger partial charge in [0.1, 0.15) is 5.82 Å². The van der Waals surface area contributed by atoms with Crippen molar-refractivity contribution in [2.24, 2.45) is 0 Å². The molecule has 5 nitrogen and oxygen atoms in total. The normalized spacial score (nSPS) is 11.4. The number of carboxylic acid groups (broad SMARTS) is 1. The average Bonchev–Trinajstić information content (AvgIpc) is 2.34. The van der Waals surface area contributed by atoms with Crippen LogP contribution in [0, 0.1) is 17.1 Å². The summed E-state index contributed by atoms with van der Waals surface area (Å²) in [6.45, 7) is 0. The molecule has 94 valence electrons. The number of rotatable bonds is 3. The summed E-state index contributed by atoms with van der Waals surface area (Å²) in [5, 5.41) is 17.2. The maximum Gasteiger partial charge on any atom is 0.324 e. The number of hydrogen-bond donors (Lipinski definition) is 1. The molecule has 1 N–H and O–H groups in total. The van der Waals surface area contributed by atoms with E-state index in [4.69, 9.17) is 22.0 Å². The molecular weight excluding hydrogens is 265 g/mol. The number of hydrogen-bond acceptors (Lipinski definition) is 4. The molecule has 7 heteroatoms. The van der Waals surface area contributed by atoms with Crippen LogP contribution in [-0.2, 0) is 14.3 Å². The second-order valence-electron chi connectivity index (χ2n) is 3.23. The number of ether oxygens (including phenoxy) is 1. The summed E-state index contributed by atoms with van der Waals surface area (Å²) in [6, 6.07) is 3.62. The van der Waals surface area contributed by atoms with E-state index in [0.29, 0.717) is 0 Å². The molecule has 0 fully saturated rings. The second-order valence-corrected chi connectivity index (χ2v) is 3.61. The third-order valence-corrected chi connectivity index (χ3v) is 2.61. The van der Waals surface area contributed by atoms with Gasteiger partial charge < -0.3 is 9.84 Å². The number of nitrogens with zero attached hydrogens (tertiary/aromatic N) is 1. The van der Waals surface area contributed by atoms with Crippen LogP contribution in [0.15, 0.2) is 12.1 Å². The van der Waals surface area contributed by atoms with Gasteiger partial charge in [-0.05, 0) is 12.1 Å². The van der Waals surface area contributed by atoms with Gasteiger partial charge in [-0.25, -0.2) is 4.39 Å². The van der Waals surface area contributed by atoms with Crippen LogP contribution in [0.3, 0.4) is 0 Å². The number of halogens is 2. The Morgan fingerprint density at radius 3 is 2.61 bits per heavy atom. The Morgan fingerprint density at radius 1 is 1.56 bits per heavy atom. The summed E-state index contributed by atoms with van der Waals surface area (Å²) in [5.41, 5.74) is -0.599. The number of nitriles is 1. The van der Waals surface area contributed by atoms with Gasteiger partial charge in [-0.2, -0.15) is 5.26 Å². The predicted molar refractivity (Wildman–Crippen MR) is 58.5 cm³/mol. The maximum absolute atomic E-state index is 13.3. The van der Waals surface area contributed by atoms with Crippen LogP contribution in [0.25, 0.3) is 0 Å². The zero-order valence-electron chi connectivity index (χ0n) is 9.11. The minimum absolute atomic E-state index is 0.195. The van der Waals surface area contributed by atoms with Crippen LogP contribution < -0.4 is 0 Å². The van der Waals surface area contributed by atoms with Gasteiger partial charge in [-0.3, -0.25) is 9.59 Å². The molecule has 1 aromatic rings. The number of methoxy groups -OCH3 is 1. The highest BCUT2D eigenvalue weighted by molar-refractivity contribution is 6.32. The number of carboxylic acids is 1. The summed E-state index contributed by atoms with van der Waals surface area (Å²) in [6.07, 6.45) is 0. The van der Waals surface area contributed by atoms with Crippen molar-refractivity contribution in [3.8, 4) is 6.07 Å². The van der Waals surface area contributed by atoms with E-state index in [1.807, 2.05) is 0 Å². The number of esters is 1. The van der Waals surface area contributed by atoms with Gasteiger partial charge in [-0.1, -0.05) is 11.6 Å². The lowest BCUT2D eigenvalue weighted by molar-refractivity contribution is -0.152. The first-order valence-electron chi connectivity index (χ1n) is 4.62. The number of carbonyl (C=O) groups excluding carboxylic acids is 1. The van der Waals surface area contributed by atoms with E-state index in [0.717, 1.165) is 19.2 Å². The highest BCUT2D eigenvalue weighted by Crippen LogP contribution is 2.31. The monoisotopic (exact) mass is 271 g/mol. The molecule has 0 bridgehead atoms. The van der Waals surface area contributed by atoms with Gasteiger partial charge in [0.25, 0.3) is 0 Å². The molecule has 0 unspecified atom stereocenters. The average molecular weight is 272 g/mol. The first kappa shape index (κ1) is 13.9. The topological polar surface area (TPSA) is 87.4 Å². The fourth-order valence-corrected chi connectivity index (χ4v) is 1.68. The van der Waals surface area contributed by atoms with Crippen molar-refractivity contribution in [1.29, 1.82) is 5.26 Å². The summed E-state index contributed by atoms with van der Waals surface area (Å²) < 4.78 is 17.6. The Morgan fingerprint density at radius 2 is 2.17 bits per heavy atom. The van der Waals surface area contributed by atoms with Crippen molar-refractivity contribution in [2.75, 3.05) is 7.11 Å². The molecule has 0 radical (unpaired) electrons. The molecule has 0 aliphatic rings. The third kappa shape index (κ3) is 2.41. The van der Waals surface area contributed by atoms with Crippen LogP contribution in [-0.4, -0.2) is 24.2 Å². The maximum atomic E-state index is 13.3.